The van der Waals surface area contributed by atoms with Crippen molar-refractivity contribution in [1.82, 2.24) is 9.78 Å². The van der Waals surface area contributed by atoms with E-state index < -0.39 is 0 Å². The summed E-state index contributed by atoms with van der Waals surface area (Å²) in [7, 11) is 1.90. The Morgan fingerprint density at radius 3 is 2.65 bits per heavy atom. The standard InChI is InChI=1S/C19H18ClN3/c1-22-12-17(20)18(21-22)13-23-10-9-16-11-15(7-8-19(16)23)14-5-3-2-4-6-14/h2-8,11-12H,9-10,13H2,1H3. The molecule has 0 amide bonds. The first kappa shape index (κ1) is 14.3. The molecule has 0 N–H and O–H groups in total. The highest BCUT2D eigenvalue weighted by Crippen LogP contribution is 2.33. The van der Waals surface area contributed by atoms with Crippen molar-refractivity contribution in [3.05, 3.63) is 71.0 Å². The van der Waals surface area contributed by atoms with Crippen molar-refractivity contribution < 1.29 is 0 Å². The molecule has 0 saturated carbocycles. The summed E-state index contributed by atoms with van der Waals surface area (Å²) in [5.41, 5.74) is 6.18. The maximum absolute atomic E-state index is 6.25. The van der Waals surface area contributed by atoms with Gasteiger partial charge in [-0.15, -0.1) is 0 Å². The van der Waals surface area contributed by atoms with Crippen LogP contribution in [-0.4, -0.2) is 16.3 Å². The number of rotatable bonds is 3. The lowest BCUT2D eigenvalue weighted by Gasteiger charge is -2.18. The molecule has 4 rings (SSSR count). The van der Waals surface area contributed by atoms with Crippen molar-refractivity contribution in [2.24, 2.45) is 7.05 Å². The van der Waals surface area contributed by atoms with Crippen LogP contribution in [-0.2, 0) is 20.0 Å². The minimum atomic E-state index is 0.738. The number of aryl methyl sites for hydroxylation is 1. The average molecular weight is 324 g/mol. The van der Waals surface area contributed by atoms with Gasteiger partial charge in [-0.3, -0.25) is 4.68 Å². The summed E-state index contributed by atoms with van der Waals surface area (Å²) in [5.74, 6) is 0. The Bertz CT molecular complexity index is 839. The molecule has 2 aromatic carbocycles. The Hall–Kier alpha value is -2.26. The van der Waals surface area contributed by atoms with Gasteiger partial charge in [-0.1, -0.05) is 48.0 Å². The quantitative estimate of drug-likeness (QED) is 0.716. The molecule has 4 heteroatoms. The lowest BCUT2D eigenvalue weighted by molar-refractivity contribution is 0.725. The van der Waals surface area contributed by atoms with Gasteiger partial charge >= 0.3 is 0 Å². The predicted octanol–water partition coefficient (Wildman–Crippen LogP) is 4.30. The summed E-state index contributed by atoms with van der Waals surface area (Å²) in [6.45, 7) is 1.78. The number of nitrogens with zero attached hydrogens (tertiary/aromatic N) is 3. The summed E-state index contributed by atoms with van der Waals surface area (Å²) in [5, 5.41) is 5.19. The molecule has 0 atom stereocenters. The van der Waals surface area contributed by atoms with E-state index in [4.69, 9.17) is 11.6 Å². The fraction of sp³-hybridized carbons (Fsp3) is 0.211. The third-order valence-electron chi connectivity index (χ3n) is 4.37. The van der Waals surface area contributed by atoms with Gasteiger partial charge in [0.15, 0.2) is 0 Å². The molecule has 1 aliphatic heterocycles. The fourth-order valence-corrected chi connectivity index (χ4v) is 3.48. The Morgan fingerprint density at radius 2 is 1.91 bits per heavy atom. The molecule has 3 aromatic rings. The number of anilines is 1. The van der Waals surface area contributed by atoms with Crippen molar-refractivity contribution in [2.75, 3.05) is 11.4 Å². The summed E-state index contributed by atoms with van der Waals surface area (Å²) < 4.78 is 1.77. The van der Waals surface area contributed by atoms with E-state index in [1.807, 2.05) is 13.2 Å². The van der Waals surface area contributed by atoms with E-state index >= 15 is 0 Å². The zero-order chi connectivity index (χ0) is 15.8. The first-order valence-electron chi connectivity index (χ1n) is 7.82. The lowest BCUT2D eigenvalue weighted by atomic mass is 10.0. The molecule has 2 heterocycles. The highest BCUT2D eigenvalue weighted by atomic mass is 35.5. The third-order valence-corrected chi connectivity index (χ3v) is 4.69. The van der Waals surface area contributed by atoms with E-state index in [0.29, 0.717) is 0 Å². The van der Waals surface area contributed by atoms with Gasteiger partial charge in [0.2, 0.25) is 0 Å². The number of halogens is 1. The predicted molar refractivity (Wildman–Crippen MR) is 94.9 cm³/mol. The van der Waals surface area contributed by atoms with Crippen molar-refractivity contribution >= 4 is 17.3 Å². The van der Waals surface area contributed by atoms with Gasteiger partial charge in [0.1, 0.15) is 5.69 Å². The molecule has 0 radical (unpaired) electrons. The van der Waals surface area contributed by atoms with Crippen molar-refractivity contribution in [1.29, 1.82) is 0 Å². The largest absolute Gasteiger partial charge is 0.365 e. The molecule has 23 heavy (non-hydrogen) atoms. The van der Waals surface area contributed by atoms with E-state index in [2.05, 4.69) is 58.5 Å². The van der Waals surface area contributed by atoms with Crippen LogP contribution in [0.25, 0.3) is 11.1 Å². The van der Waals surface area contributed by atoms with E-state index in [-0.39, 0.29) is 0 Å². The van der Waals surface area contributed by atoms with Crippen molar-refractivity contribution in [2.45, 2.75) is 13.0 Å². The first-order chi connectivity index (χ1) is 11.2. The van der Waals surface area contributed by atoms with E-state index in [1.165, 1.54) is 22.4 Å². The second-order valence-electron chi connectivity index (χ2n) is 5.98. The van der Waals surface area contributed by atoms with Gasteiger partial charge in [-0.05, 0) is 35.2 Å². The van der Waals surface area contributed by atoms with Gasteiger partial charge in [0.05, 0.1) is 11.6 Å². The Balaban J connectivity index is 1.61. The minimum absolute atomic E-state index is 0.738. The maximum atomic E-state index is 6.25. The molecule has 0 aliphatic carbocycles. The van der Waals surface area contributed by atoms with Crippen molar-refractivity contribution in [3.63, 3.8) is 0 Å². The number of hydrogen-bond acceptors (Lipinski definition) is 2. The minimum Gasteiger partial charge on any atom is -0.365 e. The van der Waals surface area contributed by atoms with Crippen LogP contribution in [0.2, 0.25) is 5.02 Å². The summed E-state index contributed by atoms with van der Waals surface area (Å²) in [4.78, 5) is 2.36. The normalized spacial score (nSPS) is 13.4. The van der Waals surface area contributed by atoms with Crippen molar-refractivity contribution in [3.8, 4) is 11.1 Å². The second-order valence-corrected chi connectivity index (χ2v) is 6.39. The number of hydrogen-bond donors (Lipinski definition) is 0. The van der Waals surface area contributed by atoms with Crippen LogP contribution in [0.4, 0.5) is 5.69 Å². The number of fused-ring (bicyclic) bond motifs is 1. The summed E-state index contributed by atoms with van der Waals surface area (Å²) in [6.07, 6.45) is 2.92. The van der Waals surface area contributed by atoms with Crippen LogP contribution in [0.5, 0.6) is 0 Å². The topological polar surface area (TPSA) is 21.1 Å². The molecule has 0 fully saturated rings. The average Bonchev–Trinajstić information content (AvgIpc) is 3.11. The van der Waals surface area contributed by atoms with Crippen LogP contribution in [0.3, 0.4) is 0 Å². The Morgan fingerprint density at radius 1 is 1.09 bits per heavy atom. The van der Waals surface area contributed by atoms with E-state index in [9.17, 15) is 0 Å². The monoisotopic (exact) mass is 323 g/mol. The van der Waals surface area contributed by atoms with Gasteiger partial charge < -0.3 is 4.90 Å². The van der Waals surface area contributed by atoms with Gasteiger partial charge in [0, 0.05) is 25.5 Å². The molecular formula is C19H18ClN3. The van der Waals surface area contributed by atoms with Gasteiger partial charge in [-0.25, -0.2) is 0 Å². The molecule has 3 nitrogen and oxygen atoms in total. The van der Waals surface area contributed by atoms with Crippen LogP contribution >= 0.6 is 11.6 Å². The highest BCUT2D eigenvalue weighted by molar-refractivity contribution is 6.31. The molecule has 1 aliphatic rings. The highest BCUT2D eigenvalue weighted by Gasteiger charge is 2.21. The van der Waals surface area contributed by atoms with Crippen LogP contribution in [0.15, 0.2) is 54.7 Å². The maximum Gasteiger partial charge on any atom is 0.100 e. The fourth-order valence-electron chi connectivity index (χ4n) is 3.24. The molecule has 0 unspecified atom stereocenters. The summed E-state index contributed by atoms with van der Waals surface area (Å²) in [6, 6.07) is 17.3. The van der Waals surface area contributed by atoms with E-state index in [1.54, 1.807) is 4.68 Å². The van der Waals surface area contributed by atoms with Crippen LogP contribution in [0, 0.1) is 0 Å². The Labute approximate surface area is 141 Å². The number of benzene rings is 2. The molecule has 0 saturated heterocycles. The molecule has 1 aromatic heterocycles. The smallest absolute Gasteiger partial charge is 0.100 e. The number of aromatic nitrogens is 2. The first-order valence-corrected chi connectivity index (χ1v) is 8.20. The third kappa shape index (κ3) is 2.73. The van der Waals surface area contributed by atoms with Gasteiger partial charge in [0.25, 0.3) is 0 Å². The second kappa shape index (κ2) is 5.74. The SMILES string of the molecule is Cn1cc(Cl)c(CN2CCc3cc(-c4ccccc4)ccc32)n1. The molecule has 0 bridgehead atoms. The van der Waals surface area contributed by atoms with Crippen LogP contribution in [0.1, 0.15) is 11.3 Å². The lowest BCUT2D eigenvalue weighted by Crippen LogP contribution is -2.20. The molecule has 116 valence electrons. The molecule has 0 spiro atoms. The molecular weight excluding hydrogens is 306 g/mol. The zero-order valence-corrected chi connectivity index (χ0v) is 13.8. The summed E-state index contributed by atoms with van der Waals surface area (Å²) >= 11 is 6.25. The Kier molecular flexibility index (Phi) is 3.58. The van der Waals surface area contributed by atoms with Crippen LogP contribution < -0.4 is 4.90 Å². The zero-order valence-electron chi connectivity index (χ0n) is 13.0. The van der Waals surface area contributed by atoms with E-state index in [0.717, 1.165) is 30.2 Å². The van der Waals surface area contributed by atoms with Gasteiger partial charge in [-0.2, -0.15) is 5.10 Å².